The number of rotatable bonds is 5. The van der Waals surface area contributed by atoms with Crippen molar-refractivity contribution in [2.75, 3.05) is 5.32 Å². The van der Waals surface area contributed by atoms with Crippen LogP contribution in [0.1, 0.15) is 23.6 Å². The zero-order valence-electron chi connectivity index (χ0n) is 19.9. The van der Waals surface area contributed by atoms with Crippen LogP contribution in [0.15, 0.2) is 106 Å². The van der Waals surface area contributed by atoms with Crippen LogP contribution in [0.3, 0.4) is 0 Å². The highest BCUT2D eigenvalue weighted by Crippen LogP contribution is 2.25. The van der Waals surface area contributed by atoms with E-state index in [4.69, 9.17) is 0 Å². The lowest BCUT2D eigenvalue weighted by Gasteiger charge is -2.29. The minimum Gasteiger partial charge on any atom is -0.326 e. The van der Waals surface area contributed by atoms with E-state index in [2.05, 4.69) is 32.5 Å². The molecule has 180 valence electrons. The summed E-state index contributed by atoms with van der Waals surface area (Å²) in [5.41, 5.74) is 12.1. The molecular weight excluding hydrogens is 467 g/mol. The molecule has 0 saturated carbocycles. The number of carbonyl (C=O) groups excluding carboxylic acids is 1. The lowest BCUT2D eigenvalue weighted by atomic mass is 10.1. The second-order valence-corrected chi connectivity index (χ2v) is 8.41. The fraction of sp³-hybridized carbons (Fsp3) is 0.0690. The highest BCUT2D eigenvalue weighted by molar-refractivity contribution is 6.02. The summed E-state index contributed by atoms with van der Waals surface area (Å²) in [6, 6.07) is 22.5. The molecule has 0 fully saturated rings. The van der Waals surface area contributed by atoms with E-state index in [9.17, 15) is 14.4 Å². The van der Waals surface area contributed by atoms with Gasteiger partial charge in [0.05, 0.1) is 35.8 Å². The fourth-order valence-electron chi connectivity index (χ4n) is 3.81. The number of nitrogens with one attached hydrogen (secondary N) is 2. The molecule has 1 amide bonds. The standard InChI is InChI=1S/C29H21FN6O/c1-19-14-25-17-32-27(18-36(25)35-29(19)34-26-5-3-2-4-22(26)16-31)21-8-12-24(13-9-21)33-28(37)15-20-6-10-23(30)11-7-20/h2-13,17-18H,15H2,1H3,(H,33,37)(H,34,35). The molecule has 7 nitrogen and oxygen atoms in total. The van der Waals surface area contributed by atoms with Gasteiger partial charge in [-0.1, -0.05) is 42.1 Å². The number of para-hydroxylation sites is 1. The van der Waals surface area contributed by atoms with Crippen LogP contribution in [0.2, 0.25) is 0 Å². The van der Waals surface area contributed by atoms with Crippen LogP contribution in [0.4, 0.5) is 15.8 Å². The molecule has 0 spiro atoms. The van der Waals surface area contributed by atoms with E-state index in [1.165, 1.54) is 12.1 Å². The second-order valence-electron chi connectivity index (χ2n) is 8.41. The number of halogens is 1. The van der Waals surface area contributed by atoms with Crippen molar-refractivity contribution in [1.82, 2.24) is 10.4 Å². The average molecular weight is 489 g/mol. The number of aliphatic imine (C=N–C) groups is 2. The first kappa shape index (κ1) is 23.5. The van der Waals surface area contributed by atoms with Gasteiger partial charge < -0.3 is 5.32 Å². The Kier molecular flexibility index (Phi) is 6.45. The van der Waals surface area contributed by atoms with Crippen molar-refractivity contribution in [3.63, 3.8) is 0 Å². The Hall–Kier alpha value is -5.25. The molecule has 0 bridgehead atoms. The van der Waals surface area contributed by atoms with E-state index in [1.807, 2.05) is 31.3 Å². The smallest absolute Gasteiger partial charge is 0.228 e. The number of hydrogen-bond acceptors (Lipinski definition) is 5. The van der Waals surface area contributed by atoms with Crippen LogP contribution in [-0.4, -0.2) is 23.0 Å². The molecule has 3 aromatic carbocycles. The van der Waals surface area contributed by atoms with Gasteiger partial charge >= 0.3 is 0 Å². The van der Waals surface area contributed by atoms with Crippen LogP contribution in [0, 0.1) is 17.1 Å². The maximum absolute atomic E-state index is 13.1. The number of amides is 1. The number of nitrogens with zero attached hydrogens (tertiary/aromatic N) is 4. The first-order chi connectivity index (χ1) is 18.0. The van der Waals surface area contributed by atoms with E-state index in [1.54, 1.807) is 53.7 Å². The van der Waals surface area contributed by atoms with Gasteiger partial charge in [0, 0.05) is 16.8 Å². The van der Waals surface area contributed by atoms with Crippen LogP contribution >= 0.6 is 0 Å². The van der Waals surface area contributed by atoms with Crippen LogP contribution < -0.4 is 10.7 Å². The molecule has 0 aliphatic carbocycles. The maximum Gasteiger partial charge on any atom is 0.228 e. The zero-order valence-corrected chi connectivity index (χ0v) is 19.9. The van der Waals surface area contributed by atoms with Gasteiger partial charge in [0.15, 0.2) is 5.84 Å². The lowest BCUT2D eigenvalue weighted by Crippen LogP contribution is -2.42. The Morgan fingerprint density at radius 2 is 1.89 bits per heavy atom. The van der Waals surface area contributed by atoms with Gasteiger partial charge in [-0.3, -0.25) is 20.2 Å². The quantitative estimate of drug-likeness (QED) is 0.481. The predicted octanol–water partition coefficient (Wildman–Crippen LogP) is 5.24. The van der Waals surface area contributed by atoms with Crippen molar-refractivity contribution < 1.29 is 9.18 Å². The van der Waals surface area contributed by atoms with Gasteiger partial charge in [0.25, 0.3) is 0 Å². The number of nitriles is 1. The highest BCUT2D eigenvalue weighted by atomic mass is 19.1. The summed E-state index contributed by atoms with van der Waals surface area (Å²) in [4.78, 5) is 21.5. The average Bonchev–Trinajstić information content (AvgIpc) is 2.91. The molecule has 37 heavy (non-hydrogen) atoms. The van der Waals surface area contributed by atoms with Crippen LogP contribution in [0.25, 0.3) is 5.70 Å². The number of hydrazine groups is 1. The first-order valence-electron chi connectivity index (χ1n) is 11.5. The second kappa shape index (κ2) is 10.2. The van der Waals surface area contributed by atoms with Gasteiger partial charge in [-0.05, 0) is 48.9 Å². The van der Waals surface area contributed by atoms with Crippen molar-refractivity contribution in [2.45, 2.75) is 13.3 Å². The first-order valence-corrected chi connectivity index (χ1v) is 11.5. The third-order valence-electron chi connectivity index (χ3n) is 5.73. The van der Waals surface area contributed by atoms with Gasteiger partial charge in [-0.2, -0.15) is 5.26 Å². The Bertz CT molecular complexity index is 1570. The minimum absolute atomic E-state index is 0.156. The molecular formula is C29H21FN6O. The topological polar surface area (TPSA) is 92.9 Å². The Morgan fingerprint density at radius 3 is 2.65 bits per heavy atom. The SMILES string of the molecule is CC1=C=C2C=NC(c3ccc(NC(=O)Cc4ccc(F)cc4)cc3)=CN2NC1=Nc1ccccc1C#N. The highest BCUT2D eigenvalue weighted by Gasteiger charge is 2.20. The van der Waals surface area contributed by atoms with E-state index in [0.29, 0.717) is 28.5 Å². The number of anilines is 1. The Morgan fingerprint density at radius 1 is 1.14 bits per heavy atom. The van der Waals surface area contributed by atoms with Crippen molar-refractivity contribution >= 4 is 35.0 Å². The van der Waals surface area contributed by atoms with Crippen molar-refractivity contribution in [2.24, 2.45) is 9.98 Å². The third-order valence-corrected chi connectivity index (χ3v) is 5.73. The number of carbonyl (C=O) groups is 1. The summed E-state index contributed by atoms with van der Waals surface area (Å²) >= 11 is 0. The van der Waals surface area contributed by atoms with E-state index in [-0.39, 0.29) is 18.1 Å². The molecule has 0 unspecified atom stereocenters. The summed E-state index contributed by atoms with van der Waals surface area (Å²) in [6.45, 7) is 1.89. The zero-order chi connectivity index (χ0) is 25.8. The molecule has 2 aliphatic heterocycles. The molecule has 0 aromatic heterocycles. The Balaban J connectivity index is 1.30. The molecule has 0 radical (unpaired) electrons. The third kappa shape index (κ3) is 5.38. The number of benzene rings is 3. The largest absolute Gasteiger partial charge is 0.326 e. The molecule has 0 atom stereocenters. The normalized spacial score (nSPS) is 15.1. The summed E-state index contributed by atoms with van der Waals surface area (Å²) in [6.07, 6.45) is 3.70. The summed E-state index contributed by atoms with van der Waals surface area (Å²) < 4.78 is 13.1. The maximum atomic E-state index is 13.1. The number of fused-ring (bicyclic) bond motifs is 1. The molecule has 3 aromatic rings. The van der Waals surface area contributed by atoms with Crippen molar-refractivity contribution in [1.29, 1.82) is 5.26 Å². The summed E-state index contributed by atoms with van der Waals surface area (Å²) in [5, 5.41) is 14.0. The molecule has 5 rings (SSSR count). The Labute approximate surface area is 213 Å². The van der Waals surface area contributed by atoms with Gasteiger partial charge in [0.1, 0.15) is 17.6 Å². The molecule has 2 heterocycles. The fourth-order valence-corrected chi connectivity index (χ4v) is 3.81. The summed E-state index contributed by atoms with van der Waals surface area (Å²) in [5.74, 6) is 0.0610. The van der Waals surface area contributed by atoms with Crippen LogP contribution in [-0.2, 0) is 11.2 Å². The minimum atomic E-state index is -0.333. The van der Waals surface area contributed by atoms with Gasteiger partial charge in [-0.25, -0.2) is 9.38 Å². The van der Waals surface area contributed by atoms with Crippen molar-refractivity contribution in [3.8, 4) is 6.07 Å². The molecule has 2 aliphatic rings. The predicted molar refractivity (Wildman–Crippen MR) is 141 cm³/mol. The molecule has 8 heteroatoms. The van der Waals surface area contributed by atoms with E-state index in [0.717, 1.165) is 22.4 Å². The summed E-state index contributed by atoms with van der Waals surface area (Å²) in [7, 11) is 0. The monoisotopic (exact) mass is 488 g/mol. The van der Waals surface area contributed by atoms with Gasteiger partial charge in [0.2, 0.25) is 5.91 Å². The van der Waals surface area contributed by atoms with E-state index < -0.39 is 0 Å². The lowest BCUT2D eigenvalue weighted by molar-refractivity contribution is -0.115. The van der Waals surface area contributed by atoms with Crippen LogP contribution in [0.5, 0.6) is 0 Å². The van der Waals surface area contributed by atoms with Crippen molar-refractivity contribution in [3.05, 3.63) is 119 Å². The number of amidine groups is 1. The van der Waals surface area contributed by atoms with Gasteiger partial charge in [-0.15, -0.1) is 0 Å². The van der Waals surface area contributed by atoms with E-state index >= 15 is 0 Å². The molecule has 2 N–H and O–H groups in total. The molecule has 0 saturated heterocycles. The number of hydrogen-bond donors (Lipinski definition) is 2.